The minimum Gasteiger partial charge on any atom is -0.491 e. The summed E-state index contributed by atoms with van der Waals surface area (Å²) in [5.41, 5.74) is 5.13. The van der Waals surface area contributed by atoms with E-state index >= 15 is 0 Å². The number of aromatic nitrogens is 1. The van der Waals surface area contributed by atoms with Crippen LogP contribution in [0.4, 0.5) is 0 Å². The molecule has 0 bridgehead atoms. The number of aliphatic hydroxyl groups excluding tert-OH is 1. The lowest BCUT2D eigenvalue weighted by atomic mass is 9.82. The summed E-state index contributed by atoms with van der Waals surface area (Å²) >= 11 is 6.25. The van der Waals surface area contributed by atoms with Crippen LogP contribution in [-0.4, -0.2) is 74.8 Å². The number of rotatable bonds is 12. The standard InChI is InChI=1S/C27H35ClN2O4/c1-32-14-12-30(13-15-33-2)17-21(31)18-34-22-9-6-19(7-10-22)23-4-3-5-24-25-16-20(28)8-11-26(25)29-27(23)24/h6-11,16,21,23,29,31H,3-5,12-15,17-18H2,1-2H3. The van der Waals surface area contributed by atoms with Gasteiger partial charge in [0.05, 0.1) is 13.2 Å². The largest absolute Gasteiger partial charge is 0.491 e. The molecule has 0 fully saturated rings. The Labute approximate surface area is 206 Å². The van der Waals surface area contributed by atoms with Crippen molar-refractivity contribution in [2.24, 2.45) is 0 Å². The zero-order valence-corrected chi connectivity index (χ0v) is 20.8. The molecular weight excluding hydrogens is 452 g/mol. The summed E-state index contributed by atoms with van der Waals surface area (Å²) in [6.45, 7) is 3.48. The van der Waals surface area contributed by atoms with Gasteiger partial charge in [0, 0.05) is 61.4 Å². The van der Waals surface area contributed by atoms with E-state index in [9.17, 15) is 5.11 Å². The fraction of sp³-hybridized carbons (Fsp3) is 0.481. The molecule has 34 heavy (non-hydrogen) atoms. The van der Waals surface area contributed by atoms with Crippen molar-refractivity contribution in [1.82, 2.24) is 9.88 Å². The van der Waals surface area contributed by atoms with Gasteiger partial charge in [-0.2, -0.15) is 0 Å². The normalized spacial score (nSPS) is 16.7. The van der Waals surface area contributed by atoms with Crippen LogP contribution in [0.2, 0.25) is 5.02 Å². The lowest BCUT2D eigenvalue weighted by Crippen LogP contribution is -2.39. The second kappa shape index (κ2) is 12.0. The lowest BCUT2D eigenvalue weighted by Gasteiger charge is -2.25. The number of aryl methyl sites for hydroxylation is 1. The molecule has 0 saturated heterocycles. The summed E-state index contributed by atoms with van der Waals surface area (Å²) < 4.78 is 16.2. The van der Waals surface area contributed by atoms with Crippen LogP contribution in [0.15, 0.2) is 42.5 Å². The maximum atomic E-state index is 10.5. The molecule has 2 N–H and O–H groups in total. The van der Waals surface area contributed by atoms with E-state index in [4.69, 9.17) is 25.8 Å². The quantitative estimate of drug-likeness (QED) is 0.391. The topological polar surface area (TPSA) is 67.0 Å². The summed E-state index contributed by atoms with van der Waals surface area (Å²) in [4.78, 5) is 5.77. The van der Waals surface area contributed by atoms with Crippen molar-refractivity contribution >= 4 is 22.5 Å². The predicted octanol–water partition coefficient (Wildman–Crippen LogP) is 4.62. The van der Waals surface area contributed by atoms with Crippen molar-refractivity contribution in [2.45, 2.75) is 31.3 Å². The van der Waals surface area contributed by atoms with E-state index in [0.29, 0.717) is 25.7 Å². The van der Waals surface area contributed by atoms with Crippen molar-refractivity contribution in [3.05, 3.63) is 64.3 Å². The van der Waals surface area contributed by atoms with Crippen LogP contribution in [0.1, 0.15) is 35.6 Å². The van der Waals surface area contributed by atoms with E-state index in [1.807, 2.05) is 18.2 Å². The molecule has 0 spiro atoms. The molecule has 2 atom stereocenters. The Morgan fingerprint density at radius 2 is 1.82 bits per heavy atom. The first-order chi connectivity index (χ1) is 16.6. The molecule has 1 aromatic heterocycles. The van der Waals surface area contributed by atoms with Gasteiger partial charge in [0.1, 0.15) is 18.5 Å². The molecule has 0 saturated carbocycles. The second-order valence-electron chi connectivity index (χ2n) is 8.97. The fourth-order valence-corrected chi connectivity index (χ4v) is 5.01. The first-order valence-corrected chi connectivity index (χ1v) is 12.4. The van der Waals surface area contributed by atoms with Crippen molar-refractivity contribution in [1.29, 1.82) is 0 Å². The van der Waals surface area contributed by atoms with E-state index in [1.54, 1.807) is 14.2 Å². The highest BCUT2D eigenvalue weighted by molar-refractivity contribution is 6.31. The molecule has 1 heterocycles. The Morgan fingerprint density at radius 1 is 1.09 bits per heavy atom. The van der Waals surface area contributed by atoms with Gasteiger partial charge in [-0.25, -0.2) is 0 Å². The van der Waals surface area contributed by atoms with E-state index < -0.39 is 6.10 Å². The van der Waals surface area contributed by atoms with Crippen molar-refractivity contribution in [3.8, 4) is 5.75 Å². The van der Waals surface area contributed by atoms with E-state index in [1.165, 1.54) is 22.2 Å². The Balaban J connectivity index is 1.37. The highest BCUT2D eigenvalue weighted by Crippen LogP contribution is 2.40. The number of benzene rings is 2. The third-order valence-corrected chi connectivity index (χ3v) is 6.82. The maximum absolute atomic E-state index is 10.5. The van der Waals surface area contributed by atoms with Gasteiger partial charge in [0.2, 0.25) is 0 Å². The summed E-state index contributed by atoms with van der Waals surface area (Å²) in [6.07, 6.45) is 2.76. The molecule has 0 aliphatic heterocycles. The van der Waals surface area contributed by atoms with Crippen LogP contribution in [0.3, 0.4) is 0 Å². The van der Waals surface area contributed by atoms with E-state index in [2.05, 4.69) is 34.1 Å². The Bertz CT molecular complexity index is 1040. The number of aliphatic hydroxyl groups is 1. The summed E-state index contributed by atoms with van der Waals surface area (Å²) in [6, 6.07) is 14.4. The molecule has 2 aromatic carbocycles. The van der Waals surface area contributed by atoms with Gasteiger partial charge in [0.15, 0.2) is 0 Å². The summed E-state index contributed by atoms with van der Waals surface area (Å²) in [7, 11) is 3.36. The smallest absolute Gasteiger partial charge is 0.119 e. The van der Waals surface area contributed by atoms with Crippen molar-refractivity contribution in [2.75, 3.05) is 53.7 Å². The van der Waals surface area contributed by atoms with E-state index in [0.717, 1.165) is 48.6 Å². The molecule has 6 nitrogen and oxygen atoms in total. The van der Waals surface area contributed by atoms with Gasteiger partial charge in [-0.15, -0.1) is 0 Å². The third kappa shape index (κ3) is 6.12. The lowest BCUT2D eigenvalue weighted by molar-refractivity contribution is 0.0460. The molecular formula is C27H35ClN2O4. The number of fused-ring (bicyclic) bond motifs is 3. The van der Waals surface area contributed by atoms with Crippen LogP contribution in [-0.2, 0) is 15.9 Å². The number of hydrogen-bond acceptors (Lipinski definition) is 5. The van der Waals surface area contributed by atoms with Gasteiger partial charge in [-0.1, -0.05) is 23.7 Å². The van der Waals surface area contributed by atoms with Crippen molar-refractivity contribution in [3.63, 3.8) is 0 Å². The van der Waals surface area contributed by atoms with E-state index in [-0.39, 0.29) is 6.61 Å². The average molecular weight is 487 g/mol. The maximum Gasteiger partial charge on any atom is 0.119 e. The molecule has 1 aliphatic rings. The summed E-state index contributed by atoms with van der Waals surface area (Å²) in [5, 5.41) is 12.5. The molecule has 0 radical (unpaired) electrons. The fourth-order valence-electron chi connectivity index (χ4n) is 4.84. The van der Waals surface area contributed by atoms with Crippen LogP contribution in [0.5, 0.6) is 5.75 Å². The monoisotopic (exact) mass is 486 g/mol. The van der Waals surface area contributed by atoms with Crippen LogP contribution in [0, 0.1) is 0 Å². The van der Waals surface area contributed by atoms with Crippen molar-refractivity contribution < 1.29 is 19.3 Å². The zero-order chi connectivity index (χ0) is 23.9. The Kier molecular flexibility index (Phi) is 8.86. The minimum absolute atomic E-state index is 0.242. The Morgan fingerprint density at radius 3 is 2.53 bits per heavy atom. The SMILES string of the molecule is COCCN(CCOC)CC(O)COc1ccc(C2CCCc3c2[nH]c2ccc(Cl)cc32)cc1. The molecule has 1 aliphatic carbocycles. The van der Waals surface area contributed by atoms with Crippen LogP contribution < -0.4 is 4.74 Å². The summed E-state index contributed by atoms with van der Waals surface area (Å²) in [5.74, 6) is 1.10. The number of H-pyrrole nitrogens is 1. The number of ether oxygens (including phenoxy) is 3. The molecule has 2 unspecified atom stereocenters. The van der Waals surface area contributed by atoms with Gasteiger partial charge in [-0.05, 0) is 60.7 Å². The van der Waals surface area contributed by atoms with Crippen LogP contribution >= 0.6 is 11.6 Å². The van der Waals surface area contributed by atoms with Gasteiger partial charge >= 0.3 is 0 Å². The number of hydrogen-bond donors (Lipinski definition) is 2. The molecule has 4 rings (SSSR count). The van der Waals surface area contributed by atoms with Gasteiger partial charge < -0.3 is 24.3 Å². The highest BCUT2D eigenvalue weighted by Gasteiger charge is 2.25. The minimum atomic E-state index is -0.590. The van der Waals surface area contributed by atoms with Gasteiger partial charge in [0.25, 0.3) is 0 Å². The number of halogens is 1. The average Bonchev–Trinajstić information content (AvgIpc) is 3.22. The predicted molar refractivity (Wildman–Crippen MR) is 136 cm³/mol. The third-order valence-electron chi connectivity index (χ3n) is 6.59. The molecule has 0 amide bonds. The Hall–Kier alpha value is -2.09. The number of nitrogens with one attached hydrogen (secondary N) is 1. The number of methoxy groups -OCH3 is 2. The number of aromatic amines is 1. The zero-order valence-electron chi connectivity index (χ0n) is 20.1. The number of nitrogens with zero attached hydrogens (tertiary/aromatic N) is 1. The second-order valence-corrected chi connectivity index (χ2v) is 9.41. The first kappa shape index (κ1) is 25.0. The molecule has 7 heteroatoms. The first-order valence-electron chi connectivity index (χ1n) is 12.0. The van der Waals surface area contributed by atoms with Gasteiger partial charge in [-0.3, -0.25) is 4.90 Å². The van der Waals surface area contributed by atoms with Crippen LogP contribution in [0.25, 0.3) is 10.9 Å². The molecule has 3 aromatic rings. The molecule has 184 valence electrons. The highest BCUT2D eigenvalue weighted by atomic mass is 35.5.